The van der Waals surface area contributed by atoms with Gasteiger partial charge in [0.2, 0.25) is 0 Å². The van der Waals surface area contributed by atoms with E-state index < -0.39 is 13.4 Å². The predicted molar refractivity (Wildman–Crippen MR) is 92.1 cm³/mol. The second-order valence-corrected chi connectivity index (χ2v) is 7.18. The van der Waals surface area contributed by atoms with E-state index in [-0.39, 0.29) is 0 Å². The maximum absolute atomic E-state index is 12.8. The van der Waals surface area contributed by atoms with Gasteiger partial charge < -0.3 is 9.05 Å². The first-order valence-electron chi connectivity index (χ1n) is 7.35. The van der Waals surface area contributed by atoms with E-state index in [9.17, 15) is 4.57 Å². The molecule has 1 aromatic rings. The molecule has 0 heterocycles. The van der Waals surface area contributed by atoms with E-state index in [2.05, 4.69) is 24.0 Å². The molecule has 0 aromatic heterocycles. The van der Waals surface area contributed by atoms with Crippen molar-refractivity contribution in [1.29, 1.82) is 0 Å². The van der Waals surface area contributed by atoms with Gasteiger partial charge in [-0.25, -0.2) is 0 Å². The summed E-state index contributed by atoms with van der Waals surface area (Å²) in [7, 11) is -0.414. The zero-order valence-corrected chi connectivity index (χ0v) is 14.5. The molecule has 1 aromatic carbocycles. The highest BCUT2D eigenvalue weighted by Gasteiger charge is 2.35. The summed E-state index contributed by atoms with van der Waals surface area (Å²) in [5.74, 6) is -0.464. The van der Waals surface area contributed by atoms with Crippen LogP contribution in [0.25, 0.3) is 0 Å². The quantitative estimate of drug-likeness (QED) is 0.519. The van der Waals surface area contributed by atoms with Gasteiger partial charge >= 0.3 is 7.60 Å². The summed E-state index contributed by atoms with van der Waals surface area (Å²) in [6, 6.07) is 10.2. The van der Waals surface area contributed by atoms with Crippen molar-refractivity contribution in [1.82, 2.24) is 5.32 Å². The largest absolute Gasteiger partial charge is 0.351 e. The van der Waals surface area contributed by atoms with E-state index >= 15 is 0 Å². The minimum atomic E-state index is -3.24. The van der Waals surface area contributed by atoms with Gasteiger partial charge in [-0.15, -0.1) is 6.58 Å². The first-order chi connectivity index (χ1) is 10.6. The molecule has 122 valence electrons. The van der Waals surface area contributed by atoms with Crippen LogP contribution in [0.4, 0.5) is 0 Å². The molecule has 1 atom stereocenters. The summed E-state index contributed by atoms with van der Waals surface area (Å²) in [5.41, 5.74) is 2.26. The molecule has 22 heavy (non-hydrogen) atoms. The van der Waals surface area contributed by atoms with E-state index in [1.54, 1.807) is 6.08 Å². The van der Waals surface area contributed by atoms with Gasteiger partial charge in [-0.05, 0) is 30.9 Å². The Hall–Kier alpha value is -1.19. The molecular formula is C17H26NO3P. The monoisotopic (exact) mass is 323 g/mol. The van der Waals surface area contributed by atoms with E-state index in [4.69, 9.17) is 9.05 Å². The Morgan fingerprint density at radius 3 is 2.45 bits per heavy atom. The van der Waals surface area contributed by atoms with Crippen molar-refractivity contribution in [3.63, 3.8) is 0 Å². The zero-order valence-electron chi connectivity index (χ0n) is 13.6. The minimum absolute atomic E-state index is 0.464. The third kappa shape index (κ3) is 5.22. The molecule has 0 aliphatic rings. The Labute approximate surface area is 133 Å². The normalized spacial score (nSPS) is 13.9. The van der Waals surface area contributed by atoms with Gasteiger partial charge in [-0.2, -0.15) is 0 Å². The molecule has 0 radical (unpaired) electrons. The van der Waals surface area contributed by atoms with Gasteiger partial charge in [0.05, 0.1) is 0 Å². The number of nitrogens with one attached hydrogen (secondary N) is 1. The topological polar surface area (TPSA) is 47.6 Å². The minimum Gasteiger partial charge on any atom is -0.311 e. The lowest BCUT2D eigenvalue weighted by molar-refractivity contribution is 0.264. The Bertz CT molecular complexity index is 520. The van der Waals surface area contributed by atoms with Crippen LogP contribution in [0.5, 0.6) is 0 Å². The Morgan fingerprint density at radius 1 is 1.32 bits per heavy atom. The van der Waals surface area contributed by atoms with Gasteiger partial charge in [-0.1, -0.05) is 42.5 Å². The van der Waals surface area contributed by atoms with Crippen LogP contribution in [-0.2, 0) is 20.0 Å². The number of rotatable bonds is 10. The van der Waals surface area contributed by atoms with Crippen LogP contribution < -0.4 is 5.32 Å². The molecule has 0 spiro atoms. The molecule has 0 amide bonds. The van der Waals surface area contributed by atoms with Crippen LogP contribution in [0, 0.1) is 0 Å². The average molecular weight is 323 g/mol. The smallest absolute Gasteiger partial charge is 0.311 e. The number of aryl methyl sites for hydroxylation is 1. The van der Waals surface area contributed by atoms with Crippen LogP contribution in [0.3, 0.4) is 0 Å². The molecular weight excluding hydrogens is 297 g/mol. The Morgan fingerprint density at radius 2 is 1.95 bits per heavy atom. The molecule has 1 unspecified atom stereocenters. The van der Waals surface area contributed by atoms with Crippen molar-refractivity contribution in [2.75, 3.05) is 20.8 Å². The van der Waals surface area contributed by atoms with Crippen molar-refractivity contribution in [3.05, 3.63) is 60.2 Å². The third-order valence-electron chi connectivity index (χ3n) is 3.55. The van der Waals surface area contributed by atoms with Crippen LogP contribution in [-0.4, -0.2) is 26.5 Å². The second-order valence-electron chi connectivity index (χ2n) is 4.85. The van der Waals surface area contributed by atoms with Crippen molar-refractivity contribution in [2.45, 2.75) is 25.5 Å². The molecule has 1 rings (SSSR count). The fourth-order valence-corrected chi connectivity index (χ4v) is 3.88. The number of hydrogen-bond donors (Lipinski definition) is 1. The molecule has 5 heteroatoms. The van der Waals surface area contributed by atoms with Gasteiger partial charge in [0, 0.05) is 20.8 Å². The van der Waals surface area contributed by atoms with Crippen molar-refractivity contribution in [3.8, 4) is 0 Å². The summed E-state index contributed by atoms with van der Waals surface area (Å²) in [5, 5.41) is 3.20. The second kappa shape index (κ2) is 9.75. The van der Waals surface area contributed by atoms with Crippen LogP contribution in [0.2, 0.25) is 0 Å². The van der Waals surface area contributed by atoms with Crippen molar-refractivity contribution < 1.29 is 13.6 Å². The van der Waals surface area contributed by atoms with Crippen LogP contribution >= 0.6 is 7.60 Å². The maximum Gasteiger partial charge on any atom is 0.351 e. The molecule has 0 saturated heterocycles. The summed E-state index contributed by atoms with van der Waals surface area (Å²) in [4.78, 5) is 0. The number of benzene rings is 1. The summed E-state index contributed by atoms with van der Waals surface area (Å²) < 4.78 is 23.1. The molecule has 0 aliphatic carbocycles. The lowest BCUT2D eigenvalue weighted by atomic mass is 10.0. The van der Waals surface area contributed by atoms with Crippen LogP contribution in [0.1, 0.15) is 18.9 Å². The highest BCUT2D eigenvalue weighted by molar-refractivity contribution is 7.54. The molecule has 4 nitrogen and oxygen atoms in total. The predicted octanol–water partition coefficient (Wildman–Crippen LogP) is 4.15. The molecule has 0 bridgehead atoms. The van der Waals surface area contributed by atoms with E-state index in [1.807, 2.05) is 31.2 Å². The average Bonchev–Trinajstić information content (AvgIpc) is 2.58. The number of allylic oxidation sites excluding steroid dienone is 1. The molecule has 0 aliphatic heterocycles. The summed E-state index contributed by atoms with van der Waals surface area (Å²) >= 11 is 0. The summed E-state index contributed by atoms with van der Waals surface area (Å²) in [6.45, 7) is 6.17. The van der Waals surface area contributed by atoms with Gasteiger partial charge in [0.15, 0.2) is 0 Å². The molecule has 0 saturated carbocycles. The van der Waals surface area contributed by atoms with E-state index in [0.717, 1.165) is 18.4 Å². The lowest BCUT2D eigenvalue weighted by Crippen LogP contribution is -2.32. The van der Waals surface area contributed by atoms with E-state index in [1.165, 1.54) is 19.8 Å². The van der Waals surface area contributed by atoms with Gasteiger partial charge in [0.1, 0.15) is 5.78 Å². The van der Waals surface area contributed by atoms with Gasteiger partial charge in [0.25, 0.3) is 0 Å². The van der Waals surface area contributed by atoms with Crippen molar-refractivity contribution >= 4 is 7.60 Å². The van der Waals surface area contributed by atoms with Crippen LogP contribution in [0.15, 0.2) is 54.6 Å². The first-order valence-corrected chi connectivity index (χ1v) is 8.97. The van der Waals surface area contributed by atoms with Gasteiger partial charge in [-0.3, -0.25) is 9.88 Å². The Kier molecular flexibility index (Phi) is 8.36. The fourth-order valence-electron chi connectivity index (χ4n) is 2.30. The van der Waals surface area contributed by atoms with E-state index in [0.29, 0.717) is 6.54 Å². The highest BCUT2D eigenvalue weighted by Crippen LogP contribution is 2.53. The standard InChI is InChI=1S/C17H26NO3P/c1-5-14-18-17(22(19,20-3)21-4)16(6-2)13-12-15-10-8-7-9-11-15/h5-11,17-18H,1,12-14H2,2-4H3/b16-6+. The summed E-state index contributed by atoms with van der Waals surface area (Å²) in [6.07, 6.45) is 5.37. The SMILES string of the molecule is C=CCNC(/C(=C/C)CCc1ccccc1)P(=O)(OC)OC. The lowest BCUT2D eigenvalue weighted by Gasteiger charge is -2.27. The third-order valence-corrected chi connectivity index (χ3v) is 5.71. The highest BCUT2D eigenvalue weighted by atomic mass is 31.2. The first kappa shape index (κ1) is 18.9. The maximum atomic E-state index is 12.8. The zero-order chi connectivity index (χ0) is 16.4. The molecule has 1 N–H and O–H groups in total. The van der Waals surface area contributed by atoms with Crippen molar-refractivity contribution in [2.24, 2.45) is 0 Å². The molecule has 0 fully saturated rings. The fraction of sp³-hybridized carbons (Fsp3) is 0.412. The Balaban J connectivity index is 2.89. The number of hydrogen-bond acceptors (Lipinski definition) is 4.